The van der Waals surface area contributed by atoms with Crippen LogP contribution in [-0.4, -0.2) is 50.5 Å². The zero-order chi connectivity index (χ0) is 31.9. The molecule has 0 unspecified atom stereocenters. The predicted octanol–water partition coefficient (Wildman–Crippen LogP) is 6.71. The summed E-state index contributed by atoms with van der Waals surface area (Å²) >= 11 is 0. The van der Waals surface area contributed by atoms with Gasteiger partial charge in [0, 0.05) is 43.7 Å². The summed E-state index contributed by atoms with van der Waals surface area (Å²) in [5.41, 5.74) is -0.926. The number of fused-ring (bicyclic) bond motifs is 1. The fourth-order valence-corrected chi connectivity index (χ4v) is 5.61. The molecule has 1 aliphatic rings. The third-order valence-electron chi connectivity index (χ3n) is 7.77. The van der Waals surface area contributed by atoms with Crippen molar-refractivity contribution in [1.82, 2.24) is 25.2 Å². The summed E-state index contributed by atoms with van der Waals surface area (Å²) in [7, 11) is 1.52. The molecule has 2 aromatic heterocycles. The Morgan fingerprint density at radius 3 is 2.25 bits per heavy atom. The van der Waals surface area contributed by atoms with Gasteiger partial charge in [-0.15, -0.1) is 5.10 Å². The summed E-state index contributed by atoms with van der Waals surface area (Å²) in [5.74, 6) is 0.683. The molecule has 0 amide bonds. The Morgan fingerprint density at radius 1 is 0.977 bits per heavy atom. The summed E-state index contributed by atoms with van der Waals surface area (Å²) in [4.78, 5) is 9.84. The van der Waals surface area contributed by atoms with Gasteiger partial charge in [-0.3, -0.25) is 0 Å². The second kappa shape index (κ2) is 11.9. The molecule has 0 radical (unpaired) electrons. The predicted molar refractivity (Wildman–Crippen MR) is 153 cm³/mol. The van der Waals surface area contributed by atoms with Gasteiger partial charge in [-0.1, -0.05) is 23.3 Å². The first-order valence-corrected chi connectivity index (χ1v) is 14.2. The third-order valence-corrected chi connectivity index (χ3v) is 7.77. The van der Waals surface area contributed by atoms with Crippen molar-refractivity contribution in [3.8, 4) is 0 Å². The molecule has 4 aromatic rings. The van der Waals surface area contributed by atoms with E-state index in [9.17, 15) is 26.3 Å². The number of likely N-dealkylation sites (N-methyl/N-ethyl adjacent to an activating group) is 1. The maximum Gasteiger partial charge on any atom is 0.416 e. The first-order chi connectivity index (χ1) is 20.6. The molecule has 1 fully saturated rings. The molecule has 5 rings (SSSR count). The first kappa shape index (κ1) is 31.5. The molecule has 0 spiro atoms. The van der Waals surface area contributed by atoms with Crippen molar-refractivity contribution in [2.45, 2.75) is 64.7 Å². The lowest BCUT2D eigenvalue weighted by atomic mass is 10.0. The highest BCUT2D eigenvalue weighted by molar-refractivity contribution is 5.84. The van der Waals surface area contributed by atoms with Crippen molar-refractivity contribution < 1.29 is 31.1 Å². The number of benzene rings is 2. The van der Waals surface area contributed by atoms with Crippen molar-refractivity contribution in [3.63, 3.8) is 0 Å². The van der Waals surface area contributed by atoms with Crippen molar-refractivity contribution in [1.29, 1.82) is 0 Å². The number of anilines is 2. The van der Waals surface area contributed by atoms with Gasteiger partial charge in [0.1, 0.15) is 5.82 Å². The first-order valence-electron chi connectivity index (χ1n) is 14.2. The van der Waals surface area contributed by atoms with E-state index in [2.05, 4.69) is 27.2 Å². The minimum absolute atomic E-state index is 0.0313. The topological polar surface area (TPSA) is 72.2 Å². The van der Waals surface area contributed by atoms with Crippen LogP contribution in [0, 0.1) is 6.92 Å². The van der Waals surface area contributed by atoms with Crippen LogP contribution in [0.3, 0.4) is 0 Å². The Hall–Kier alpha value is -3.94. The number of para-hydroxylation sites is 1. The van der Waals surface area contributed by atoms with E-state index in [0.29, 0.717) is 31.1 Å². The van der Waals surface area contributed by atoms with Crippen molar-refractivity contribution in [2.75, 3.05) is 29.5 Å². The molecular formula is C30H33F6N7O. The van der Waals surface area contributed by atoms with Crippen molar-refractivity contribution in [3.05, 3.63) is 70.3 Å². The van der Waals surface area contributed by atoms with Gasteiger partial charge >= 0.3 is 12.4 Å². The van der Waals surface area contributed by atoms with E-state index >= 15 is 0 Å². The van der Waals surface area contributed by atoms with Crippen LogP contribution in [0.25, 0.3) is 10.9 Å². The molecular weight excluding hydrogens is 588 g/mol. The Morgan fingerprint density at radius 2 is 1.68 bits per heavy atom. The Labute approximate surface area is 250 Å². The van der Waals surface area contributed by atoms with E-state index in [1.165, 1.54) is 16.7 Å². The second-order valence-corrected chi connectivity index (χ2v) is 11.4. The van der Waals surface area contributed by atoms with Crippen LogP contribution in [0.5, 0.6) is 0 Å². The molecule has 1 atom stereocenters. The Bertz CT molecular complexity index is 1600. The molecule has 0 aliphatic carbocycles. The Balaban J connectivity index is 1.61. The number of aromatic nitrogens is 5. The average molecular weight is 622 g/mol. The average Bonchev–Trinajstić information content (AvgIpc) is 3.58. The van der Waals surface area contributed by atoms with Gasteiger partial charge in [-0.25, -0.2) is 4.98 Å². The fraction of sp³-hybridized carbons (Fsp3) is 0.467. The molecule has 14 heteroatoms. The second-order valence-electron chi connectivity index (χ2n) is 11.4. The number of aryl methyl sites for hydroxylation is 2. The molecule has 2 aromatic carbocycles. The molecule has 8 nitrogen and oxygen atoms in total. The fourth-order valence-electron chi connectivity index (χ4n) is 5.61. The zero-order valence-corrected chi connectivity index (χ0v) is 24.8. The summed E-state index contributed by atoms with van der Waals surface area (Å²) in [6.07, 6.45) is -8.13. The number of hydrogen-bond acceptors (Lipinski definition) is 7. The van der Waals surface area contributed by atoms with Crippen molar-refractivity contribution in [2.24, 2.45) is 7.05 Å². The normalized spacial score (nSPS) is 17.4. The number of halogens is 6. The van der Waals surface area contributed by atoms with E-state index < -0.39 is 29.1 Å². The van der Waals surface area contributed by atoms with Crippen LogP contribution in [0.2, 0.25) is 0 Å². The highest BCUT2D eigenvalue weighted by atomic mass is 19.4. The highest BCUT2D eigenvalue weighted by Crippen LogP contribution is 2.37. The lowest BCUT2D eigenvalue weighted by molar-refractivity contribution is -0.143. The largest absolute Gasteiger partial charge is 0.416 e. The minimum Gasteiger partial charge on any atom is -0.373 e. The number of rotatable bonds is 9. The number of hydrogen-bond donors (Lipinski definition) is 0. The lowest BCUT2D eigenvalue weighted by Gasteiger charge is -2.34. The summed E-state index contributed by atoms with van der Waals surface area (Å²) < 4.78 is 88.0. The van der Waals surface area contributed by atoms with E-state index in [1.54, 1.807) is 0 Å². The minimum atomic E-state index is -4.97. The summed E-state index contributed by atoms with van der Waals surface area (Å²) in [5, 5.41) is 13.0. The number of ether oxygens (including phenoxy) is 1. The summed E-state index contributed by atoms with van der Waals surface area (Å²) in [6, 6.07) is 9.27. The van der Waals surface area contributed by atoms with Crippen LogP contribution in [0.15, 0.2) is 42.5 Å². The van der Waals surface area contributed by atoms with Gasteiger partial charge in [-0.05, 0) is 74.2 Å². The van der Waals surface area contributed by atoms with Gasteiger partial charge in [0.2, 0.25) is 0 Å². The lowest BCUT2D eigenvalue weighted by Crippen LogP contribution is -2.41. The SMILES string of the molecule is CCN(C[C@@]1(C)CCCO1)c1nc2c(C)cccc2cc1CN(Cc1cc(C(F)(F)F)cc(C(F)(F)F)c1)c1nnn(C)n1. The molecule has 0 bridgehead atoms. The number of tetrazole rings is 1. The zero-order valence-electron chi connectivity index (χ0n) is 24.8. The summed E-state index contributed by atoms with van der Waals surface area (Å²) in [6.45, 7) is 7.48. The quantitative estimate of drug-likeness (QED) is 0.193. The van der Waals surface area contributed by atoms with Crippen LogP contribution >= 0.6 is 0 Å². The maximum atomic E-state index is 13.7. The van der Waals surface area contributed by atoms with Gasteiger partial charge in [0.25, 0.3) is 5.95 Å². The maximum absolute atomic E-state index is 13.7. The number of alkyl halides is 6. The van der Waals surface area contributed by atoms with Gasteiger partial charge in [0.05, 0.1) is 29.3 Å². The van der Waals surface area contributed by atoms with Crippen LogP contribution in [-0.2, 0) is 37.2 Å². The molecule has 3 heterocycles. The molecule has 44 heavy (non-hydrogen) atoms. The molecule has 1 saturated heterocycles. The molecule has 1 aliphatic heterocycles. The molecule has 236 valence electrons. The number of nitrogens with zero attached hydrogens (tertiary/aromatic N) is 7. The standard InChI is InChI=1S/C30H33F6N7O/c1-5-42(18-28(3)10-7-11-44-28)26-22(14-21-9-6-8-19(2)25(21)37-26)17-43(27-38-40-41(4)39-27)16-20-12-23(29(31,32)33)15-24(13-20)30(34,35)36/h6,8-9,12-15H,5,7,10-11,16-18H2,1-4H3/t28-/m1/s1. The van der Waals surface area contributed by atoms with Gasteiger partial charge in [-0.2, -0.15) is 31.1 Å². The van der Waals surface area contributed by atoms with Gasteiger partial charge in [0.15, 0.2) is 0 Å². The van der Waals surface area contributed by atoms with E-state index in [-0.39, 0.29) is 30.7 Å². The van der Waals surface area contributed by atoms with Crippen LogP contribution < -0.4 is 9.80 Å². The Kier molecular flexibility index (Phi) is 8.49. The van der Waals surface area contributed by atoms with E-state index in [1.807, 2.05) is 38.1 Å². The van der Waals surface area contributed by atoms with Crippen LogP contribution in [0.1, 0.15) is 54.5 Å². The van der Waals surface area contributed by atoms with Crippen LogP contribution in [0.4, 0.5) is 38.1 Å². The smallest absolute Gasteiger partial charge is 0.373 e. The van der Waals surface area contributed by atoms with E-state index in [0.717, 1.165) is 41.4 Å². The molecule has 0 saturated carbocycles. The van der Waals surface area contributed by atoms with Gasteiger partial charge < -0.3 is 14.5 Å². The molecule has 0 N–H and O–H groups in total. The van der Waals surface area contributed by atoms with Crippen molar-refractivity contribution >= 4 is 22.7 Å². The third kappa shape index (κ3) is 6.90. The highest BCUT2D eigenvalue weighted by Gasteiger charge is 2.37. The number of pyridine rings is 1. The monoisotopic (exact) mass is 621 g/mol. The van der Waals surface area contributed by atoms with E-state index in [4.69, 9.17) is 9.72 Å².